The Bertz CT molecular complexity index is 993. The molecule has 0 bridgehead atoms. The van der Waals surface area contributed by atoms with Crippen LogP contribution in [-0.2, 0) is 19.5 Å². The molecule has 7 nitrogen and oxygen atoms in total. The second-order valence-electron chi connectivity index (χ2n) is 8.42. The summed E-state index contributed by atoms with van der Waals surface area (Å²) in [7, 11) is 0. The first kappa shape index (κ1) is 25.4. The highest BCUT2D eigenvalue weighted by molar-refractivity contribution is 14.0. The van der Waals surface area contributed by atoms with Gasteiger partial charge in [-0.25, -0.2) is 4.99 Å². The Morgan fingerprint density at radius 3 is 2.55 bits per heavy atom. The molecule has 0 radical (unpaired) electrons. The first-order valence-electron chi connectivity index (χ1n) is 11.9. The van der Waals surface area contributed by atoms with Gasteiger partial charge >= 0.3 is 0 Å². The molecule has 8 heteroatoms. The molecule has 2 aromatic heterocycles. The van der Waals surface area contributed by atoms with E-state index in [1.165, 1.54) is 43.5 Å². The van der Waals surface area contributed by atoms with E-state index in [1.54, 1.807) is 0 Å². The number of likely N-dealkylation sites (tertiary alicyclic amines) is 1. The molecule has 0 amide bonds. The number of pyridine rings is 1. The number of halogens is 1. The van der Waals surface area contributed by atoms with Gasteiger partial charge in [-0.05, 0) is 62.5 Å². The highest BCUT2D eigenvalue weighted by atomic mass is 127. The van der Waals surface area contributed by atoms with Crippen LogP contribution in [0.3, 0.4) is 0 Å². The standard InChI is InChI=1S/C25H35N7.HI/c1-2-26-25(27-15-8-10-24-30-29-23-9-4-7-18-32(23)24)28-19-21-11-13-22(14-12-21)20-31-16-5-3-6-17-31;/h4,7,9,11-14,18H,2-3,5-6,8,10,15-17,19-20H2,1H3,(H2,26,27,28);1H. The maximum absolute atomic E-state index is 4.76. The molecule has 0 unspecified atom stereocenters. The first-order chi connectivity index (χ1) is 15.8. The van der Waals surface area contributed by atoms with Gasteiger partial charge in [0.2, 0.25) is 0 Å². The summed E-state index contributed by atoms with van der Waals surface area (Å²) in [6.07, 6.45) is 7.90. The van der Waals surface area contributed by atoms with Gasteiger partial charge in [0.25, 0.3) is 0 Å². The fraction of sp³-hybridized carbons (Fsp3) is 0.480. The number of hydrogen-bond donors (Lipinski definition) is 2. The van der Waals surface area contributed by atoms with Crippen molar-refractivity contribution < 1.29 is 0 Å². The molecule has 1 aliphatic rings. The lowest BCUT2D eigenvalue weighted by Gasteiger charge is -2.26. The van der Waals surface area contributed by atoms with Crippen LogP contribution in [0.4, 0.5) is 0 Å². The monoisotopic (exact) mass is 561 g/mol. The summed E-state index contributed by atoms with van der Waals surface area (Å²) in [6, 6.07) is 14.9. The van der Waals surface area contributed by atoms with Gasteiger partial charge in [0.1, 0.15) is 5.82 Å². The fourth-order valence-electron chi connectivity index (χ4n) is 4.15. The minimum Gasteiger partial charge on any atom is -0.357 e. The van der Waals surface area contributed by atoms with Crippen LogP contribution in [0.5, 0.6) is 0 Å². The zero-order chi connectivity index (χ0) is 22.0. The molecule has 178 valence electrons. The van der Waals surface area contributed by atoms with Crippen LogP contribution in [0.1, 0.15) is 49.6 Å². The smallest absolute Gasteiger partial charge is 0.191 e. The lowest BCUT2D eigenvalue weighted by molar-refractivity contribution is 0.221. The van der Waals surface area contributed by atoms with Crippen molar-refractivity contribution in [3.05, 3.63) is 65.6 Å². The van der Waals surface area contributed by atoms with Crippen LogP contribution < -0.4 is 10.6 Å². The van der Waals surface area contributed by atoms with Crippen LogP contribution in [0.2, 0.25) is 0 Å². The Kier molecular flexibility index (Phi) is 10.4. The number of nitrogens with zero attached hydrogens (tertiary/aromatic N) is 5. The SMILES string of the molecule is CCNC(=NCc1ccc(CN2CCCCC2)cc1)NCCCc1nnc2ccccn12.I. The molecule has 1 aromatic carbocycles. The Balaban J connectivity index is 0.00000306. The number of hydrogen-bond acceptors (Lipinski definition) is 4. The highest BCUT2D eigenvalue weighted by Gasteiger charge is 2.10. The van der Waals surface area contributed by atoms with Crippen molar-refractivity contribution in [2.75, 3.05) is 26.2 Å². The van der Waals surface area contributed by atoms with E-state index in [-0.39, 0.29) is 24.0 Å². The molecule has 0 spiro atoms. The molecular weight excluding hydrogens is 525 g/mol. The predicted molar refractivity (Wildman–Crippen MR) is 145 cm³/mol. The number of fused-ring (bicyclic) bond motifs is 1. The van der Waals surface area contributed by atoms with Gasteiger partial charge in [0.05, 0.1) is 6.54 Å². The minimum atomic E-state index is 0. The van der Waals surface area contributed by atoms with Crippen molar-refractivity contribution in [2.45, 2.75) is 52.1 Å². The maximum atomic E-state index is 4.76. The van der Waals surface area contributed by atoms with Crippen LogP contribution in [0, 0.1) is 0 Å². The number of benzene rings is 1. The summed E-state index contributed by atoms with van der Waals surface area (Å²) in [5.41, 5.74) is 3.53. The Morgan fingerprint density at radius 1 is 0.970 bits per heavy atom. The van der Waals surface area contributed by atoms with E-state index < -0.39 is 0 Å². The zero-order valence-electron chi connectivity index (χ0n) is 19.5. The van der Waals surface area contributed by atoms with E-state index in [0.717, 1.165) is 49.9 Å². The number of nitrogens with one attached hydrogen (secondary N) is 2. The van der Waals surface area contributed by atoms with Gasteiger partial charge < -0.3 is 10.6 Å². The molecule has 1 fully saturated rings. The van der Waals surface area contributed by atoms with Gasteiger partial charge in [-0.1, -0.05) is 36.8 Å². The van der Waals surface area contributed by atoms with Crippen molar-refractivity contribution in [1.29, 1.82) is 0 Å². The number of aromatic nitrogens is 3. The predicted octanol–water partition coefficient (Wildman–Crippen LogP) is 4.02. The number of guanidine groups is 1. The molecule has 0 saturated carbocycles. The van der Waals surface area contributed by atoms with Gasteiger partial charge in [0, 0.05) is 32.3 Å². The largest absolute Gasteiger partial charge is 0.357 e. The van der Waals surface area contributed by atoms with E-state index in [0.29, 0.717) is 6.54 Å². The second kappa shape index (κ2) is 13.5. The third kappa shape index (κ3) is 7.67. The molecule has 3 heterocycles. The molecule has 0 atom stereocenters. The van der Waals surface area contributed by atoms with Crippen molar-refractivity contribution in [2.24, 2.45) is 4.99 Å². The summed E-state index contributed by atoms with van der Waals surface area (Å²) >= 11 is 0. The number of rotatable bonds is 9. The normalized spacial score (nSPS) is 14.8. The number of aryl methyl sites for hydroxylation is 1. The van der Waals surface area contributed by atoms with E-state index in [2.05, 4.69) is 56.9 Å². The van der Waals surface area contributed by atoms with Gasteiger partial charge in [-0.3, -0.25) is 9.30 Å². The van der Waals surface area contributed by atoms with Crippen LogP contribution in [-0.4, -0.2) is 51.6 Å². The lowest BCUT2D eigenvalue weighted by Crippen LogP contribution is -2.37. The molecule has 1 saturated heterocycles. The number of aliphatic imine (C=N–C) groups is 1. The second-order valence-corrected chi connectivity index (χ2v) is 8.42. The molecule has 3 aromatic rings. The molecule has 0 aliphatic carbocycles. The van der Waals surface area contributed by atoms with E-state index in [1.807, 2.05) is 28.8 Å². The average molecular weight is 562 g/mol. The third-order valence-corrected chi connectivity index (χ3v) is 5.90. The van der Waals surface area contributed by atoms with Crippen LogP contribution in [0.25, 0.3) is 5.65 Å². The number of piperidine rings is 1. The Labute approximate surface area is 214 Å². The van der Waals surface area contributed by atoms with Crippen LogP contribution >= 0.6 is 24.0 Å². The topological polar surface area (TPSA) is 69.8 Å². The highest BCUT2D eigenvalue weighted by Crippen LogP contribution is 2.14. The maximum Gasteiger partial charge on any atom is 0.191 e. The Hall–Kier alpha value is -2.20. The van der Waals surface area contributed by atoms with Crippen molar-refractivity contribution in [1.82, 2.24) is 30.1 Å². The lowest BCUT2D eigenvalue weighted by atomic mass is 10.1. The van der Waals surface area contributed by atoms with Gasteiger partial charge in [-0.2, -0.15) is 0 Å². The minimum absolute atomic E-state index is 0. The van der Waals surface area contributed by atoms with E-state index in [9.17, 15) is 0 Å². The van der Waals surface area contributed by atoms with Crippen molar-refractivity contribution in [3.63, 3.8) is 0 Å². The van der Waals surface area contributed by atoms with E-state index >= 15 is 0 Å². The fourth-order valence-corrected chi connectivity index (χ4v) is 4.15. The van der Waals surface area contributed by atoms with Crippen molar-refractivity contribution >= 4 is 35.6 Å². The van der Waals surface area contributed by atoms with Gasteiger partial charge in [-0.15, -0.1) is 34.2 Å². The third-order valence-electron chi connectivity index (χ3n) is 5.90. The molecule has 4 rings (SSSR count). The quantitative estimate of drug-likeness (QED) is 0.179. The average Bonchev–Trinajstić information content (AvgIpc) is 3.25. The Morgan fingerprint density at radius 2 is 1.76 bits per heavy atom. The molecule has 1 aliphatic heterocycles. The summed E-state index contributed by atoms with van der Waals surface area (Å²) in [5, 5.41) is 15.3. The summed E-state index contributed by atoms with van der Waals surface area (Å²) in [6.45, 7) is 7.98. The van der Waals surface area contributed by atoms with E-state index in [4.69, 9.17) is 4.99 Å². The summed E-state index contributed by atoms with van der Waals surface area (Å²) in [5.74, 6) is 1.85. The first-order valence-corrected chi connectivity index (χ1v) is 11.9. The van der Waals surface area contributed by atoms with Gasteiger partial charge in [0.15, 0.2) is 11.6 Å². The molecular formula is C25H36IN7. The summed E-state index contributed by atoms with van der Waals surface area (Å²) < 4.78 is 2.05. The molecule has 2 N–H and O–H groups in total. The van der Waals surface area contributed by atoms with Crippen molar-refractivity contribution in [3.8, 4) is 0 Å². The zero-order valence-corrected chi connectivity index (χ0v) is 21.9. The molecule has 33 heavy (non-hydrogen) atoms. The summed E-state index contributed by atoms with van der Waals surface area (Å²) in [4.78, 5) is 7.33. The van der Waals surface area contributed by atoms with Crippen LogP contribution in [0.15, 0.2) is 53.7 Å².